The van der Waals surface area contributed by atoms with E-state index in [0.29, 0.717) is 5.56 Å². The molecule has 0 aliphatic heterocycles. The van der Waals surface area contributed by atoms with Crippen molar-refractivity contribution in [3.05, 3.63) is 34.9 Å². The van der Waals surface area contributed by atoms with Gasteiger partial charge in [-0.2, -0.15) is 0 Å². The first-order chi connectivity index (χ1) is 8.99. The Balaban J connectivity index is 2.06. The van der Waals surface area contributed by atoms with E-state index in [2.05, 4.69) is 5.32 Å². The van der Waals surface area contributed by atoms with Crippen molar-refractivity contribution in [2.75, 3.05) is 0 Å². The van der Waals surface area contributed by atoms with Crippen molar-refractivity contribution in [1.82, 2.24) is 5.32 Å². The molecule has 0 heterocycles. The fourth-order valence-corrected chi connectivity index (χ4v) is 2.34. The highest BCUT2D eigenvalue weighted by Gasteiger charge is 2.22. The van der Waals surface area contributed by atoms with Crippen LogP contribution in [0.2, 0.25) is 0 Å². The Morgan fingerprint density at radius 3 is 2.58 bits per heavy atom. The Morgan fingerprint density at radius 2 is 1.89 bits per heavy atom. The second-order valence-electron chi connectivity index (χ2n) is 5.23. The number of carboxylic acid groups (broad SMARTS) is 1. The third kappa shape index (κ3) is 2.95. The fourth-order valence-electron chi connectivity index (χ4n) is 2.34. The number of nitrogens with one attached hydrogen (secondary N) is 1. The maximum absolute atomic E-state index is 12.1. The minimum absolute atomic E-state index is 0.199. The number of aliphatic carboxylic acids is 1. The lowest BCUT2D eigenvalue weighted by atomic mass is 10.0. The van der Waals surface area contributed by atoms with Gasteiger partial charge in [0, 0.05) is 11.6 Å². The molecule has 102 valence electrons. The smallest absolute Gasteiger partial charge is 0.308 e. The van der Waals surface area contributed by atoms with E-state index in [9.17, 15) is 9.59 Å². The quantitative estimate of drug-likeness (QED) is 0.871. The molecule has 0 saturated heterocycles. The number of aryl methyl sites for hydroxylation is 2. The van der Waals surface area contributed by atoms with Crippen molar-refractivity contribution in [3.8, 4) is 0 Å². The van der Waals surface area contributed by atoms with Crippen molar-refractivity contribution in [3.63, 3.8) is 0 Å². The molecule has 19 heavy (non-hydrogen) atoms. The summed E-state index contributed by atoms with van der Waals surface area (Å²) in [6, 6.07) is 5.36. The second-order valence-corrected chi connectivity index (χ2v) is 5.23. The topological polar surface area (TPSA) is 66.4 Å². The van der Waals surface area contributed by atoms with Crippen LogP contribution in [0.15, 0.2) is 18.2 Å². The maximum Gasteiger partial charge on any atom is 0.308 e. The van der Waals surface area contributed by atoms with E-state index in [1.165, 1.54) is 11.1 Å². The Bertz CT molecular complexity index is 510. The van der Waals surface area contributed by atoms with Crippen molar-refractivity contribution in [2.24, 2.45) is 5.92 Å². The van der Waals surface area contributed by atoms with Crippen LogP contribution in [0.1, 0.15) is 41.8 Å². The van der Waals surface area contributed by atoms with Crippen LogP contribution in [0, 0.1) is 5.92 Å². The summed E-state index contributed by atoms with van der Waals surface area (Å²) in [6.45, 7) is 3.31. The molecule has 0 spiro atoms. The molecule has 1 amide bonds. The number of carbonyl (C=O) groups excluding carboxylic acids is 1. The van der Waals surface area contributed by atoms with Crippen LogP contribution in [0.4, 0.5) is 0 Å². The normalized spacial score (nSPS) is 16.5. The van der Waals surface area contributed by atoms with Gasteiger partial charge in [0.2, 0.25) is 0 Å². The number of carboxylic acids is 1. The number of rotatable bonds is 4. The van der Waals surface area contributed by atoms with Gasteiger partial charge >= 0.3 is 5.97 Å². The molecule has 0 saturated carbocycles. The lowest BCUT2D eigenvalue weighted by Gasteiger charge is -2.18. The summed E-state index contributed by atoms with van der Waals surface area (Å²) >= 11 is 0. The summed E-state index contributed by atoms with van der Waals surface area (Å²) in [4.78, 5) is 22.9. The molecule has 4 nitrogen and oxygen atoms in total. The molecule has 2 rings (SSSR count). The molecule has 1 aromatic rings. The van der Waals surface area contributed by atoms with E-state index >= 15 is 0 Å². The van der Waals surface area contributed by atoms with Gasteiger partial charge in [0.15, 0.2) is 0 Å². The van der Waals surface area contributed by atoms with Gasteiger partial charge in [-0.3, -0.25) is 9.59 Å². The first-order valence-corrected chi connectivity index (χ1v) is 6.64. The van der Waals surface area contributed by atoms with Gasteiger partial charge in [-0.25, -0.2) is 0 Å². The van der Waals surface area contributed by atoms with E-state index in [1.807, 2.05) is 18.2 Å². The Labute approximate surface area is 112 Å². The number of carbonyl (C=O) groups is 2. The highest BCUT2D eigenvalue weighted by atomic mass is 16.4. The van der Waals surface area contributed by atoms with Crippen molar-refractivity contribution in [1.29, 1.82) is 0 Å². The molecule has 4 heteroatoms. The average Bonchev–Trinajstić information content (AvgIpc) is 2.84. The molecule has 1 aromatic carbocycles. The van der Waals surface area contributed by atoms with Gasteiger partial charge in [-0.05, 0) is 56.4 Å². The number of benzene rings is 1. The molecule has 0 fully saturated rings. The van der Waals surface area contributed by atoms with Gasteiger partial charge in [0.1, 0.15) is 0 Å². The summed E-state index contributed by atoms with van der Waals surface area (Å²) in [6.07, 6.45) is 3.26. The van der Waals surface area contributed by atoms with E-state index < -0.39 is 17.9 Å². The number of hydrogen-bond donors (Lipinski definition) is 2. The standard InChI is InChI=1S/C15H19NO3/c1-9(15(18)19)10(2)16-14(17)13-7-6-11-4-3-5-12(11)8-13/h6-10H,3-5H2,1-2H3,(H,16,17)(H,18,19). The molecule has 1 aliphatic rings. The van der Waals surface area contributed by atoms with E-state index in [-0.39, 0.29) is 5.91 Å². The Kier molecular flexibility index (Phi) is 3.88. The van der Waals surface area contributed by atoms with Gasteiger partial charge in [-0.15, -0.1) is 0 Å². The van der Waals surface area contributed by atoms with Crippen LogP contribution in [0.25, 0.3) is 0 Å². The highest BCUT2D eigenvalue weighted by molar-refractivity contribution is 5.95. The monoisotopic (exact) mass is 261 g/mol. The molecule has 2 unspecified atom stereocenters. The van der Waals surface area contributed by atoms with Gasteiger partial charge in [-0.1, -0.05) is 6.07 Å². The minimum Gasteiger partial charge on any atom is -0.481 e. The molecule has 0 bridgehead atoms. The van der Waals surface area contributed by atoms with Gasteiger partial charge in [0.25, 0.3) is 5.91 Å². The van der Waals surface area contributed by atoms with Crippen LogP contribution in [0.5, 0.6) is 0 Å². The molecule has 1 aliphatic carbocycles. The average molecular weight is 261 g/mol. The number of hydrogen-bond acceptors (Lipinski definition) is 2. The van der Waals surface area contributed by atoms with Crippen molar-refractivity contribution in [2.45, 2.75) is 39.2 Å². The largest absolute Gasteiger partial charge is 0.481 e. The van der Waals surface area contributed by atoms with Crippen LogP contribution in [-0.4, -0.2) is 23.0 Å². The van der Waals surface area contributed by atoms with Crippen molar-refractivity contribution < 1.29 is 14.7 Å². The van der Waals surface area contributed by atoms with Gasteiger partial charge in [0.05, 0.1) is 5.92 Å². The predicted octanol–water partition coefficient (Wildman–Crippen LogP) is 2.01. The zero-order chi connectivity index (χ0) is 14.0. The molecular formula is C15H19NO3. The summed E-state index contributed by atoms with van der Waals surface area (Å²) in [5.74, 6) is -1.70. The first-order valence-electron chi connectivity index (χ1n) is 6.64. The lowest BCUT2D eigenvalue weighted by molar-refractivity contribution is -0.141. The minimum atomic E-state index is -0.901. The van der Waals surface area contributed by atoms with Gasteiger partial charge < -0.3 is 10.4 Å². The molecule has 0 radical (unpaired) electrons. The molecular weight excluding hydrogens is 242 g/mol. The Morgan fingerprint density at radius 1 is 1.21 bits per heavy atom. The summed E-state index contributed by atoms with van der Waals surface area (Å²) in [5.41, 5.74) is 3.18. The molecule has 2 atom stereocenters. The van der Waals surface area contributed by atoms with E-state index in [1.54, 1.807) is 13.8 Å². The third-order valence-corrected chi connectivity index (χ3v) is 3.86. The van der Waals surface area contributed by atoms with Crippen LogP contribution >= 0.6 is 0 Å². The van der Waals surface area contributed by atoms with E-state index in [4.69, 9.17) is 5.11 Å². The summed E-state index contributed by atoms with van der Waals surface area (Å²) in [7, 11) is 0. The highest BCUT2D eigenvalue weighted by Crippen LogP contribution is 2.22. The number of fused-ring (bicyclic) bond motifs is 1. The SMILES string of the molecule is CC(NC(=O)c1ccc2c(c1)CCC2)C(C)C(=O)O. The van der Waals surface area contributed by atoms with Crippen LogP contribution in [0.3, 0.4) is 0 Å². The summed E-state index contributed by atoms with van der Waals surface area (Å²) < 4.78 is 0. The molecule has 2 N–H and O–H groups in total. The maximum atomic E-state index is 12.1. The number of amides is 1. The third-order valence-electron chi connectivity index (χ3n) is 3.86. The van der Waals surface area contributed by atoms with Crippen molar-refractivity contribution >= 4 is 11.9 Å². The predicted molar refractivity (Wildman–Crippen MR) is 72.2 cm³/mol. The van der Waals surface area contributed by atoms with Crippen LogP contribution in [-0.2, 0) is 17.6 Å². The van der Waals surface area contributed by atoms with E-state index in [0.717, 1.165) is 19.3 Å². The zero-order valence-electron chi connectivity index (χ0n) is 11.3. The lowest BCUT2D eigenvalue weighted by Crippen LogP contribution is -2.40. The first kappa shape index (κ1) is 13.6. The Hall–Kier alpha value is -1.84. The summed E-state index contributed by atoms with van der Waals surface area (Å²) in [5, 5.41) is 11.7. The molecule has 0 aromatic heterocycles. The zero-order valence-corrected chi connectivity index (χ0v) is 11.3. The second kappa shape index (κ2) is 5.43. The fraction of sp³-hybridized carbons (Fsp3) is 0.467. The van der Waals surface area contributed by atoms with Crippen LogP contribution < -0.4 is 5.32 Å².